The summed E-state index contributed by atoms with van der Waals surface area (Å²) in [7, 11) is 0. The molecule has 0 saturated heterocycles. The lowest BCUT2D eigenvalue weighted by molar-refractivity contribution is 0.0697. The minimum atomic E-state index is -1.04. The average Bonchev–Trinajstić information content (AvgIpc) is 3.09. The van der Waals surface area contributed by atoms with Gasteiger partial charge in [0.05, 0.1) is 16.3 Å². The number of pyridine rings is 2. The predicted molar refractivity (Wildman–Crippen MR) is 109 cm³/mol. The number of halogens is 1. The number of carbonyl (C=O) groups is 1. The number of aromatic nitrogens is 3. The van der Waals surface area contributed by atoms with Crippen molar-refractivity contribution < 1.29 is 12.8 Å². The number of carboxylic acid groups (broad SMARTS) is 1. The molecule has 0 aliphatic heterocycles. The number of hydrogen-bond acceptors (Lipinski definition) is 4. The number of benzene rings is 1. The van der Waals surface area contributed by atoms with Gasteiger partial charge in [0, 0.05) is 32.7 Å². The molecule has 4 rings (SSSR count). The number of nitrogens with one attached hydrogen (secondary N) is 2. The Morgan fingerprint density at radius 3 is 2.81 bits per heavy atom. The van der Waals surface area contributed by atoms with E-state index < -0.39 is 5.97 Å². The van der Waals surface area contributed by atoms with Crippen molar-refractivity contribution in [3.63, 3.8) is 0 Å². The highest BCUT2D eigenvalue weighted by atomic mass is 35.5. The summed E-state index contributed by atoms with van der Waals surface area (Å²) >= 11 is 6.06. The van der Waals surface area contributed by atoms with E-state index in [2.05, 4.69) is 20.3 Å². The van der Waals surface area contributed by atoms with Gasteiger partial charge < -0.3 is 15.4 Å². The Labute approximate surface area is 162 Å². The zero-order valence-electron chi connectivity index (χ0n) is 14.1. The Morgan fingerprint density at radius 2 is 2.04 bits per heavy atom. The van der Waals surface area contributed by atoms with Gasteiger partial charge in [-0.1, -0.05) is 41.9 Å². The number of anilines is 1. The zero-order valence-corrected chi connectivity index (χ0v) is 14.9. The van der Waals surface area contributed by atoms with Gasteiger partial charge in [0.25, 0.3) is 0 Å². The Kier molecular flexibility index (Phi) is 4.48. The highest BCUT2D eigenvalue weighted by Crippen LogP contribution is 2.31. The SMILES string of the molecule is O=C(O)c1ccc(NCc2ccccc2)nc1-c1c[nH]c2ncc(Cl)cc12.[HH].[HH]. The largest absolute Gasteiger partial charge is 0.478 e. The van der Waals surface area contributed by atoms with E-state index in [1.165, 1.54) is 6.20 Å². The molecule has 27 heavy (non-hydrogen) atoms. The number of H-pyrrole nitrogens is 1. The van der Waals surface area contributed by atoms with Crippen LogP contribution in [0.1, 0.15) is 18.8 Å². The molecule has 0 aliphatic rings. The molecule has 0 bridgehead atoms. The normalized spacial score (nSPS) is 10.9. The molecule has 0 fully saturated rings. The van der Waals surface area contributed by atoms with Crippen LogP contribution in [0.5, 0.6) is 0 Å². The molecule has 0 aliphatic carbocycles. The standard InChI is InChI=1S/C20H15ClN4O2.2H2/c21-13-8-15-16(11-24-19(15)23-10-13)18-14(20(26)27)6-7-17(25-18)22-9-12-4-2-1-3-5-12;;/h1-8,10-11H,9H2,(H,22,25)(H,23,24)(H,26,27);2*1H. The van der Waals surface area contributed by atoms with Crippen LogP contribution in [-0.4, -0.2) is 26.0 Å². The van der Waals surface area contributed by atoms with Crippen molar-refractivity contribution in [3.8, 4) is 11.3 Å². The molecule has 6 nitrogen and oxygen atoms in total. The summed E-state index contributed by atoms with van der Waals surface area (Å²) < 4.78 is 0. The van der Waals surface area contributed by atoms with Crippen molar-refractivity contribution in [2.24, 2.45) is 0 Å². The Balaban J connectivity index is 0.00000150. The molecule has 3 aromatic heterocycles. The molecule has 0 unspecified atom stereocenters. The fourth-order valence-corrected chi connectivity index (χ4v) is 3.06. The van der Waals surface area contributed by atoms with Crippen LogP contribution in [0.25, 0.3) is 22.3 Å². The summed E-state index contributed by atoms with van der Waals surface area (Å²) in [5.41, 5.74) is 2.83. The lowest BCUT2D eigenvalue weighted by atomic mass is 10.1. The van der Waals surface area contributed by atoms with E-state index in [-0.39, 0.29) is 8.42 Å². The molecule has 0 radical (unpaired) electrons. The first-order valence-electron chi connectivity index (χ1n) is 8.27. The van der Waals surface area contributed by atoms with Gasteiger partial charge in [0.1, 0.15) is 11.5 Å². The molecule has 3 heterocycles. The third-order valence-electron chi connectivity index (χ3n) is 4.19. The van der Waals surface area contributed by atoms with Crippen LogP contribution in [0.4, 0.5) is 5.82 Å². The number of hydrogen-bond donors (Lipinski definition) is 3. The fraction of sp³-hybridized carbons (Fsp3) is 0.0500. The maximum atomic E-state index is 11.7. The highest BCUT2D eigenvalue weighted by molar-refractivity contribution is 6.31. The van der Waals surface area contributed by atoms with Gasteiger partial charge in [0.15, 0.2) is 0 Å². The van der Waals surface area contributed by atoms with Gasteiger partial charge in [-0.2, -0.15) is 0 Å². The van der Waals surface area contributed by atoms with E-state index in [4.69, 9.17) is 11.6 Å². The van der Waals surface area contributed by atoms with Gasteiger partial charge >= 0.3 is 5.97 Å². The summed E-state index contributed by atoms with van der Waals surface area (Å²) in [6, 6.07) is 14.9. The monoisotopic (exact) mass is 382 g/mol. The quantitative estimate of drug-likeness (QED) is 0.447. The van der Waals surface area contributed by atoms with Gasteiger partial charge in [0.2, 0.25) is 0 Å². The smallest absolute Gasteiger partial charge is 0.337 e. The van der Waals surface area contributed by atoms with E-state index in [1.807, 2.05) is 30.3 Å². The molecule has 0 saturated carbocycles. The number of aromatic carboxylic acids is 1. The Hall–Kier alpha value is -3.38. The number of carboxylic acids is 1. The Bertz CT molecular complexity index is 1140. The van der Waals surface area contributed by atoms with Crippen LogP contribution in [0, 0.1) is 0 Å². The van der Waals surface area contributed by atoms with Crippen LogP contribution < -0.4 is 5.32 Å². The second-order valence-electron chi connectivity index (χ2n) is 5.99. The average molecular weight is 383 g/mol. The molecule has 138 valence electrons. The maximum absolute atomic E-state index is 11.7. The van der Waals surface area contributed by atoms with E-state index in [1.54, 1.807) is 24.4 Å². The lowest BCUT2D eigenvalue weighted by Crippen LogP contribution is -2.06. The summed E-state index contributed by atoms with van der Waals surface area (Å²) in [5.74, 6) is -0.459. The number of aromatic amines is 1. The molecule has 1 aromatic carbocycles. The summed E-state index contributed by atoms with van der Waals surface area (Å²) in [5, 5.41) is 14.0. The minimum absolute atomic E-state index is 0. The zero-order chi connectivity index (χ0) is 18.8. The number of nitrogens with zero attached hydrogens (tertiary/aromatic N) is 2. The summed E-state index contributed by atoms with van der Waals surface area (Å²) in [6.07, 6.45) is 3.23. The second-order valence-corrected chi connectivity index (χ2v) is 6.43. The highest BCUT2D eigenvalue weighted by Gasteiger charge is 2.18. The molecule has 7 heteroatoms. The van der Waals surface area contributed by atoms with Crippen molar-refractivity contribution in [2.45, 2.75) is 6.54 Å². The first-order valence-corrected chi connectivity index (χ1v) is 8.65. The first-order chi connectivity index (χ1) is 13.1. The van der Waals surface area contributed by atoms with E-state index in [0.29, 0.717) is 34.3 Å². The van der Waals surface area contributed by atoms with Crippen LogP contribution in [0.2, 0.25) is 5.02 Å². The van der Waals surface area contributed by atoms with Crippen molar-refractivity contribution in [2.75, 3.05) is 5.32 Å². The third kappa shape index (κ3) is 3.47. The molecular weight excluding hydrogens is 364 g/mol. The lowest BCUT2D eigenvalue weighted by Gasteiger charge is -2.10. The number of rotatable bonds is 5. The predicted octanol–water partition coefficient (Wildman–Crippen LogP) is 5.08. The minimum Gasteiger partial charge on any atom is -0.478 e. The van der Waals surface area contributed by atoms with Crippen molar-refractivity contribution >= 4 is 34.4 Å². The molecule has 3 N–H and O–H groups in total. The molecule has 4 aromatic rings. The van der Waals surface area contributed by atoms with Gasteiger partial charge in [-0.3, -0.25) is 0 Å². The van der Waals surface area contributed by atoms with E-state index in [9.17, 15) is 9.90 Å². The molecule has 0 atom stereocenters. The van der Waals surface area contributed by atoms with Crippen molar-refractivity contribution in [3.05, 3.63) is 77.1 Å². The van der Waals surface area contributed by atoms with Crippen LogP contribution in [-0.2, 0) is 6.54 Å². The summed E-state index contributed by atoms with van der Waals surface area (Å²) in [6.45, 7) is 0.584. The first kappa shape index (κ1) is 17.1. The van der Waals surface area contributed by atoms with E-state index in [0.717, 1.165) is 10.9 Å². The maximum Gasteiger partial charge on any atom is 0.337 e. The second kappa shape index (κ2) is 7.09. The molecular formula is C20H19ClN4O2. The van der Waals surface area contributed by atoms with Crippen molar-refractivity contribution in [1.29, 1.82) is 0 Å². The van der Waals surface area contributed by atoms with Gasteiger partial charge in [-0.25, -0.2) is 14.8 Å². The van der Waals surface area contributed by atoms with Crippen LogP contribution >= 0.6 is 11.6 Å². The summed E-state index contributed by atoms with van der Waals surface area (Å²) in [4.78, 5) is 23.5. The van der Waals surface area contributed by atoms with Crippen molar-refractivity contribution in [1.82, 2.24) is 15.0 Å². The third-order valence-corrected chi connectivity index (χ3v) is 4.40. The molecule has 0 spiro atoms. The molecule has 0 amide bonds. The van der Waals surface area contributed by atoms with Crippen LogP contribution in [0.3, 0.4) is 0 Å². The van der Waals surface area contributed by atoms with Crippen LogP contribution in [0.15, 0.2) is 60.9 Å². The van der Waals surface area contributed by atoms with Gasteiger partial charge in [-0.15, -0.1) is 0 Å². The Morgan fingerprint density at radius 1 is 1.22 bits per heavy atom. The topological polar surface area (TPSA) is 90.9 Å². The number of fused-ring (bicyclic) bond motifs is 1. The fourth-order valence-electron chi connectivity index (χ4n) is 2.90. The van der Waals surface area contributed by atoms with Gasteiger partial charge in [-0.05, 0) is 23.8 Å². The van der Waals surface area contributed by atoms with E-state index >= 15 is 0 Å².